The third-order valence-electron chi connectivity index (χ3n) is 3.38. The molecule has 0 radical (unpaired) electrons. The Balaban J connectivity index is 2.10. The average Bonchev–Trinajstić information content (AvgIpc) is 2.99. The first kappa shape index (κ1) is 14.3. The number of hydrogen-bond donors (Lipinski definition) is 1. The molecule has 0 aromatic carbocycles. The Kier molecular flexibility index (Phi) is 4.46. The molecule has 0 saturated heterocycles. The first-order valence-corrected chi connectivity index (χ1v) is 6.50. The van der Waals surface area contributed by atoms with Crippen LogP contribution in [-0.2, 0) is 16.8 Å². The zero-order chi connectivity index (χ0) is 13.9. The normalized spacial score (nSPS) is 20.1. The number of halogens is 2. The highest BCUT2D eigenvalue weighted by atomic mass is 19.3. The number of rotatable bonds is 6. The molecule has 1 aromatic rings. The summed E-state index contributed by atoms with van der Waals surface area (Å²) in [5, 5.41) is 12.9. The van der Waals surface area contributed by atoms with Crippen molar-refractivity contribution in [3.8, 4) is 0 Å². The van der Waals surface area contributed by atoms with E-state index in [1.165, 1.54) is 0 Å². The molecule has 0 aliphatic heterocycles. The maximum Gasteiger partial charge on any atom is 0.264 e. The van der Waals surface area contributed by atoms with Crippen molar-refractivity contribution in [1.29, 1.82) is 0 Å². The Hall–Kier alpha value is -1.08. The number of aliphatic hydroxyl groups is 1. The summed E-state index contributed by atoms with van der Waals surface area (Å²) >= 11 is 0. The molecule has 1 heterocycles. The van der Waals surface area contributed by atoms with E-state index in [2.05, 4.69) is 10.1 Å². The zero-order valence-electron chi connectivity index (χ0n) is 10.8. The van der Waals surface area contributed by atoms with Gasteiger partial charge in [-0.3, -0.25) is 0 Å². The smallest absolute Gasteiger partial charge is 0.264 e. The van der Waals surface area contributed by atoms with Gasteiger partial charge in [0.15, 0.2) is 0 Å². The lowest BCUT2D eigenvalue weighted by Gasteiger charge is -2.24. The fraction of sp³-hybridized carbons (Fsp3) is 0.833. The average molecular weight is 276 g/mol. The van der Waals surface area contributed by atoms with Crippen molar-refractivity contribution in [2.75, 3.05) is 6.61 Å². The molecule has 0 spiro atoms. The number of aromatic nitrogens is 2. The van der Waals surface area contributed by atoms with Gasteiger partial charge in [0.05, 0.1) is 6.42 Å². The van der Waals surface area contributed by atoms with Gasteiger partial charge in [-0.15, -0.1) is 0 Å². The Morgan fingerprint density at radius 2 is 2.11 bits per heavy atom. The number of aliphatic hydroxyl groups excluding tert-OH is 1. The van der Waals surface area contributed by atoms with Gasteiger partial charge in [-0.1, -0.05) is 5.16 Å². The van der Waals surface area contributed by atoms with E-state index >= 15 is 0 Å². The van der Waals surface area contributed by atoms with E-state index in [1.807, 2.05) is 6.92 Å². The van der Waals surface area contributed by atoms with Crippen LogP contribution < -0.4 is 0 Å². The van der Waals surface area contributed by atoms with E-state index in [9.17, 15) is 8.78 Å². The summed E-state index contributed by atoms with van der Waals surface area (Å²) in [6.07, 6.45) is -1.29. The van der Waals surface area contributed by atoms with Gasteiger partial charge in [0.1, 0.15) is 11.7 Å². The molecule has 1 saturated carbocycles. The highest BCUT2D eigenvalue weighted by molar-refractivity contribution is 5.05. The van der Waals surface area contributed by atoms with Crippen molar-refractivity contribution < 1.29 is 23.1 Å². The molecule has 5 nitrogen and oxygen atoms in total. The Bertz CT molecular complexity index is 405. The molecule has 1 unspecified atom stereocenters. The minimum atomic E-state index is -2.82. The maximum absolute atomic E-state index is 12.3. The van der Waals surface area contributed by atoms with Crippen molar-refractivity contribution >= 4 is 0 Å². The molecular formula is C12H18F2N2O3. The van der Waals surface area contributed by atoms with E-state index in [1.54, 1.807) is 0 Å². The minimum Gasteiger partial charge on any atom is -0.387 e. The summed E-state index contributed by atoms with van der Waals surface area (Å²) in [5.74, 6) is 0.428. The number of hydrogen-bond acceptors (Lipinski definition) is 5. The predicted molar refractivity (Wildman–Crippen MR) is 61.8 cm³/mol. The van der Waals surface area contributed by atoms with Crippen LogP contribution in [0.1, 0.15) is 44.3 Å². The van der Waals surface area contributed by atoms with Crippen LogP contribution in [0.15, 0.2) is 4.52 Å². The lowest BCUT2D eigenvalue weighted by atomic mass is 10.0. The van der Waals surface area contributed by atoms with E-state index in [0.29, 0.717) is 12.4 Å². The van der Waals surface area contributed by atoms with Crippen molar-refractivity contribution in [1.82, 2.24) is 10.1 Å². The highest BCUT2D eigenvalue weighted by Crippen LogP contribution is 2.40. The van der Waals surface area contributed by atoms with Gasteiger partial charge < -0.3 is 14.4 Å². The molecule has 1 aromatic heterocycles. The van der Waals surface area contributed by atoms with E-state index < -0.39 is 18.1 Å². The quantitative estimate of drug-likeness (QED) is 0.861. The summed E-state index contributed by atoms with van der Waals surface area (Å²) < 4.78 is 35.2. The number of nitrogens with zero attached hydrogens (tertiary/aromatic N) is 2. The summed E-state index contributed by atoms with van der Waals surface area (Å²) in [6, 6.07) is 0. The molecule has 2 rings (SSSR count). The van der Waals surface area contributed by atoms with Gasteiger partial charge in [-0.05, 0) is 32.6 Å². The molecule has 0 amide bonds. The fourth-order valence-electron chi connectivity index (χ4n) is 2.45. The van der Waals surface area contributed by atoms with E-state index in [-0.39, 0.29) is 12.3 Å². The summed E-state index contributed by atoms with van der Waals surface area (Å²) in [4.78, 5) is 4.11. The van der Waals surface area contributed by atoms with Crippen LogP contribution in [-0.4, -0.2) is 34.4 Å². The monoisotopic (exact) mass is 276 g/mol. The van der Waals surface area contributed by atoms with Gasteiger partial charge in [0.25, 0.3) is 6.43 Å². The van der Waals surface area contributed by atoms with Crippen molar-refractivity contribution in [3.63, 3.8) is 0 Å². The van der Waals surface area contributed by atoms with Gasteiger partial charge in [-0.25, -0.2) is 8.78 Å². The molecule has 1 fully saturated rings. The molecular weight excluding hydrogens is 258 g/mol. The van der Waals surface area contributed by atoms with Crippen molar-refractivity contribution in [2.24, 2.45) is 0 Å². The lowest BCUT2D eigenvalue weighted by Crippen LogP contribution is -2.28. The molecule has 1 atom stereocenters. The second-order valence-electron chi connectivity index (χ2n) is 4.75. The molecule has 1 N–H and O–H groups in total. The van der Waals surface area contributed by atoms with Crippen LogP contribution in [0.25, 0.3) is 0 Å². The topological polar surface area (TPSA) is 68.4 Å². The third kappa shape index (κ3) is 3.09. The Morgan fingerprint density at radius 1 is 1.42 bits per heavy atom. The molecule has 19 heavy (non-hydrogen) atoms. The third-order valence-corrected chi connectivity index (χ3v) is 3.38. The first-order chi connectivity index (χ1) is 9.07. The molecule has 1 aliphatic rings. The van der Waals surface area contributed by atoms with Crippen LogP contribution in [0.3, 0.4) is 0 Å². The molecule has 1 aliphatic carbocycles. The highest BCUT2D eigenvalue weighted by Gasteiger charge is 2.41. The van der Waals surface area contributed by atoms with Crippen LogP contribution in [0.2, 0.25) is 0 Å². The second kappa shape index (κ2) is 5.92. The van der Waals surface area contributed by atoms with Gasteiger partial charge in [-0.2, -0.15) is 4.98 Å². The Labute approximate surface area is 109 Å². The number of ether oxygens (including phenoxy) is 1. The minimum absolute atomic E-state index is 0.0220. The van der Waals surface area contributed by atoms with Crippen LogP contribution in [0, 0.1) is 0 Å². The zero-order valence-corrected chi connectivity index (χ0v) is 10.8. The van der Waals surface area contributed by atoms with Crippen molar-refractivity contribution in [2.45, 2.75) is 57.2 Å². The van der Waals surface area contributed by atoms with Gasteiger partial charge in [0.2, 0.25) is 11.7 Å². The predicted octanol–water partition coefficient (Wildman–Crippen LogP) is 2.04. The summed E-state index contributed by atoms with van der Waals surface area (Å²) in [5.41, 5.74) is -0.549. The lowest BCUT2D eigenvalue weighted by molar-refractivity contribution is -0.0469. The van der Waals surface area contributed by atoms with Crippen molar-refractivity contribution in [3.05, 3.63) is 11.7 Å². The number of alkyl halides is 2. The molecule has 108 valence electrons. The standard InChI is InChI=1S/C12H18F2N2O3/c1-2-18-12(5-3-4-6-12)11-15-9(19-16-11)7-8(17)10(13)14/h8,10,17H,2-7H2,1H3. The van der Waals surface area contributed by atoms with Gasteiger partial charge in [0, 0.05) is 6.61 Å². The van der Waals surface area contributed by atoms with Gasteiger partial charge >= 0.3 is 0 Å². The maximum atomic E-state index is 12.3. The van der Waals surface area contributed by atoms with E-state index in [4.69, 9.17) is 14.4 Å². The second-order valence-corrected chi connectivity index (χ2v) is 4.75. The van der Waals surface area contributed by atoms with Crippen LogP contribution in [0.5, 0.6) is 0 Å². The summed E-state index contributed by atoms with van der Waals surface area (Å²) in [6.45, 7) is 2.42. The van der Waals surface area contributed by atoms with E-state index in [0.717, 1.165) is 25.7 Å². The Morgan fingerprint density at radius 3 is 2.68 bits per heavy atom. The van der Waals surface area contributed by atoms with Crippen LogP contribution >= 0.6 is 0 Å². The first-order valence-electron chi connectivity index (χ1n) is 6.50. The SMILES string of the molecule is CCOC1(c2noc(CC(O)C(F)F)n2)CCCC1. The molecule has 7 heteroatoms. The fourth-order valence-corrected chi connectivity index (χ4v) is 2.45. The summed E-state index contributed by atoms with van der Waals surface area (Å²) in [7, 11) is 0. The largest absolute Gasteiger partial charge is 0.387 e. The molecule has 0 bridgehead atoms. The van der Waals surface area contributed by atoms with Crippen LogP contribution in [0.4, 0.5) is 8.78 Å².